The van der Waals surface area contributed by atoms with Crippen LogP contribution in [0.25, 0.3) is 0 Å². The van der Waals surface area contributed by atoms with E-state index in [0.717, 1.165) is 18.7 Å². The van der Waals surface area contributed by atoms with Crippen molar-refractivity contribution < 1.29 is 9.94 Å². The van der Waals surface area contributed by atoms with Gasteiger partial charge in [0.25, 0.3) is 0 Å². The third-order valence-electron chi connectivity index (χ3n) is 2.99. The smallest absolute Gasteiger partial charge is 0.147 e. The molecule has 0 aromatic heterocycles. The maximum absolute atomic E-state index is 8.91. The van der Waals surface area contributed by atoms with Crippen LogP contribution in [0.5, 0.6) is 0 Å². The van der Waals surface area contributed by atoms with E-state index < -0.39 is 0 Å². The maximum atomic E-state index is 8.91. The van der Waals surface area contributed by atoms with E-state index in [2.05, 4.69) is 10.1 Å². The first-order chi connectivity index (χ1) is 9.19. The van der Waals surface area contributed by atoms with Crippen LogP contribution in [0.3, 0.4) is 0 Å². The fraction of sp³-hybridized carbons (Fsp3) is 0.500. The molecule has 0 amide bonds. The van der Waals surface area contributed by atoms with Crippen LogP contribution < -0.4 is 5.73 Å². The molecule has 0 aliphatic rings. The minimum atomic E-state index is -0.113. The molecule has 1 aromatic rings. The molecule has 5 nitrogen and oxygen atoms in total. The van der Waals surface area contributed by atoms with Gasteiger partial charge in [0.2, 0.25) is 0 Å². The molecule has 0 heterocycles. The number of hydrogen-bond donors (Lipinski definition) is 2. The summed E-state index contributed by atoms with van der Waals surface area (Å²) < 4.78 is 5.33. The lowest BCUT2D eigenvalue weighted by Crippen LogP contribution is -2.34. The molecule has 5 heteroatoms. The predicted octanol–water partition coefficient (Wildman–Crippen LogP) is 1.48. The molecule has 0 radical (unpaired) electrons. The zero-order valence-corrected chi connectivity index (χ0v) is 11.6. The first-order valence-electron chi connectivity index (χ1n) is 6.47. The van der Waals surface area contributed by atoms with E-state index in [1.165, 1.54) is 0 Å². The summed E-state index contributed by atoms with van der Waals surface area (Å²) in [6.07, 6.45) is 0. The molecule has 0 saturated heterocycles. The number of likely N-dealkylation sites (N-methyl/N-ethyl adjacent to an activating group) is 1. The number of amidine groups is 1. The lowest BCUT2D eigenvalue weighted by Gasteiger charge is -2.23. The maximum Gasteiger partial charge on any atom is 0.147 e. The molecule has 0 spiro atoms. The van der Waals surface area contributed by atoms with Gasteiger partial charge in [0.1, 0.15) is 5.84 Å². The molecule has 0 aliphatic heterocycles. The van der Waals surface area contributed by atoms with Gasteiger partial charge in [-0.05, 0) is 19.5 Å². The van der Waals surface area contributed by atoms with Crippen molar-refractivity contribution in [1.82, 2.24) is 4.90 Å². The third-order valence-corrected chi connectivity index (χ3v) is 2.99. The number of oxime groups is 1. The largest absolute Gasteiger partial charge is 0.409 e. The predicted molar refractivity (Wildman–Crippen MR) is 76.6 cm³/mol. The number of nitrogens with two attached hydrogens (primary N) is 1. The zero-order chi connectivity index (χ0) is 14.1. The van der Waals surface area contributed by atoms with Crippen molar-refractivity contribution in [3.63, 3.8) is 0 Å². The molecule has 0 saturated carbocycles. The van der Waals surface area contributed by atoms with Crippen molar-refractivity contribution in [1.29, 1.82) is 0 Å². The summed E-state index contributed by atoms with van der Waals surface area (Å²) >= 11 is 0. The van der Waals surface area contributed by atoms with Gasteiger partial charge < -0.3 is 20.6 Å². The van der Waals surface area contributed by atoms with Crippen LogP contribution in [-0.4, -0.2) is 49.3 Å². The number of hydrogen-bond acceptors (Lipinski definition) is 4. The van der Waals surface area contributed by atoms with E-state index >= 15 is 0 Å². The van der Waals surface area contributed by atoms with Crippen LogP contribution in [0.2, 0.25) is 0 Å². The first-order valence-corrected chi connectivity index (χ1v) is 6.47. The molecular weight excluding hydrogens is 242 g/mol. The van der Waals surface area contributed by atoms with Gasteiger partial charge in [0, 0.05) is 19.7 Å². The quantitative estimate of drug-likeness (QED) is 0.245. The Morgan fingerprint density at radius 1 is 1.42 bits per heavy atom. The summed E-state index contributed by atoms with van der Waals surface area (Å²) in [6, 6.07) is 9.82. The zero-order valence-electron chi connectivity index (χ0n) is 11.6. The molecule has 1 atom stereocenters. The Balaban J connectivity index is 2.66. The Kier molecular flexibility index (Phi) is 6.92. The van der Waals surface area contributed by atoms with Gasteiger partial charge in [0.05, 0.1) is 12.5 Å². The number of ether oxygens (including phenoxy) is 1. The van der Waals surface area contributed by atoms with Gasteiger partial charge in [-0.1, -0.05) is 35.5 Å². The average Bonchev–Trinajstić information content (AvgIpc) is 2.45. The Hall–Kier alpha value is -1.59. The Morgan fingerprint density at radius 3 is 2.68 bits per heavy atom. The van der Waals surface area contributed by atoms with E-state index in [0.29, 0.717) is 13.2 Å². The Labute approximate surface area is 114 Å². The molecule has 0 fully saturated rings. The van der Waals surface area contributed by atoms with E-state index in [9.17, 15) is 0 Å². The lowest BCUT2D eigenvalue weighted by molar-refractivity contribution is 0.122. The highest BCUT2D eigenvalue weighted by Gasteiger charge is 2.18. The topological polar surface area (TPSA) is 71.1 Å². The second kappa shape index (κ2) is 8.50. The average molecular weight is 265 g/mol. The SMILES string of the molecule is CCOCCN(C)CC(/C(N)=N/O)c1ccccc1. The summed E-state index contributed by atoms with van der Waals surface area (Å²) in [5.74, 6) is 0.118. The number of benzene rings is 1. The van der Waals surface area contributed by atoms with Gasteiger partial charge in [0.15, 0.2) is 0 Å². The van der Waals surface area contributed by atoms with Crippen LogP contribution in [-0.2, 0) is 4.74 Å². The molecule has 1 unspecified atom stereocenters. The molecule has 1 aromatic carbocycles. The molecule has 0 bridgehead atoms. The van der Waals surface area contributed by atoms with Crippen molar-refractivity contribution in [3.8, 4) is 0 Å². The van der Waals surface area contributed by atoms with Crippen molar-refractivity contribution >= 4 is 5.84 Å². The van der Waals surface area contributed by atoms with E-state index in [1.807, 2.05) is 44.3 Å². The second-order valence-corrected chi connectivity index (χ2v) is 4.45. The highest BCUT2D eigenvalue weighted by Crippen LogP contribution is 2.16. The van der Waals surface area contributed by atoms with E-state index in [-0.39, 0.29) is 11.8 Å². The minimum Gasteiger partial charge on any atom is -0.409 e. The lowest BCUT2D eigenvalue weighted by atomic mass is 9.97. The monoisotopic (exact) mass is 265 g/mol. The van der Waals surface area contributed by atoms with Crippen molar-refractivity contribution in [2.75, 3.05) is 33.4 Å². The van der Waals surface area contributed by atoms with Gasteiger partial charge in [-0.3, -0.25) is 0 Å². The van der Waals surface area contributed by atoms with Crippen molar-refractivity contribution in [3.05, 3.63) is 35.9 Å². The normalized spacial score (nSPS) is 13.7. The Bertz CT molecular complexity index is 382. The number of rotatable bonds is 8. The van der Waals surface area contributed by atoms with Crippen LogP contribution >= 0.6 is 0 Å². The summed E-state index contributed by atoms with van der Waals surface area (Å²) in [4.78, 5) is 2.12. The Morgan fingerprint density at radius 2 is 2.11 bits per heavy atom. The minimum absolute atomic E-state index is 0.113. The van der Waals surface area contributed by atoms with Crippen LogP contribution in [0.4, 0.5) is 0 Å². The number of nitrogens with zero attached hydrogens (tertiary/aromatic N) is 2. The fourth-order valence-corrected chi connectivity index (χ4v) is 1.89. The summed E-state index contributed by atoms with van der Waals surface area (Å²) in [5.41, 5.74) is 6.84. The van der Waals surface area contributed by atoms with E-state index in [4.69, 9.17) is 15.7 Å². The van der Waals surface area contributed by atoms with Crippen LogP contribution in [0.1, 0.15) is 18.4 Å². The molecule has 106 valence electrons. The van der Waals surface area contributed by atoms with Crippen molar-refractivity contribution in [2.24, 2.45) is 10.9 Å². The first kappa shape index (κ1) is 15.5. The van der Waals surface area contributed by atoms with Gasteiger partial charge in [-0.15, -0.1) is 0 Å². The van der Waals surface area contributed by atoms with Crippen molar-refractivity contribution in [2.45, 2.75) is 12.8 Å². The molecular formula is C14H23N3O2. The van der Waals surface area contributed by atoms with Crippen LogP contribution in [0, 0.1) is 0 Å². The molecule has 1 rings (SSSR count). The second-order valence-electron chi connectivity index (χ2n) is 4.45. The molecule has 0 aliphatic carbocycles. The highest BCUT2D eigenvalue weighted by atomic mass is 16.5. The van der Waals surface area contributed by atoms with Crippen LogP contribution in [0.15, 0.2) is 35.5 Å². The van der Waals surface area contributed by atoms with Gasteiger partial charge >= 0.3 is 0 Å². The highest BCUT2D eigenvalue weighted by molar-refractivity contribution is 5.87. The van der Waals surface area contributed by atoms with E-state index in [1.54, 1.807) is 0 Å². The standard InChI is InChI=1S/C14H23N3O2/c1-3-19-10-9-17(2)11-13(14(15)16-18)12-7-5-4-6-8-12/h4-8,13,18H,3,9-11H2,1-2H3,(H2,15,16). The molecule has 3 N–H and O–H groups in total. The third kappa shape index (κ3) is 5.28. The van der Waals surface area contributed by atoms with Gasteiger partial charge in [-0.2, -0.15) is 0 Å². The summed E-state index contributed by atoms with van der Waals surface area (Å²) in [6.45, 7) is 4.88. The fourth-order valence-electron chi connectivity index (χ4n) is 1.89. The summed E-state index contributed by atoms with van der Waals surface area (Å²) in [7, 11) is 2.00. The molecule has 19 heavy (non-hydrogen) atoms. The van der Waals surface area contributed by atoms with Gasteiger partial charge in [-0.25, -0.2) is 0 Å². The summed E-state index contributed by atoms with van der Waals surface area (Å²) in [5, 5.41) is 12.1.